The molecule has 6 heteroatoms. The van der Waals surface area contributed by atoms with E-state index in [4.69, 9.17) is 10.5 Å². The van der Waals surface area contributed by atoms with E-state index in [0.29, 0.717) is 5.95 Å². The van der Waals surface area contributed by atoms with E-state index < -0.39 is 6.23 Å². The number of para-hydroxylation sites is 1. The summed E-state index contributed by atoms with van der Waals surface area (Å²) in [5, 5.41) is 2.94. The first-order valence-electron chi connectivity index (χ1n) is 5.33. The van der Waals surface area contributed by atoms with Gasteiger partial charge in [0, 0.05) is 0 Å². The van der Waals surface area contributed by atoms with Gasteiger partial charge < -0.3 is 15.8 Å². The highest BCUT2D eigenvalue weighted by atomic mass is 16.5. The van der Waals surface area contributed by atoms with Crippen molar-refractivity contribution < 1.29 is 4.74 Å². The molecule has 0 bridgehead atoms. The van der Waals surface area contributed by atoms with E-state index in [9.17, 15) is 0 Å². The van der Waals surface area contributed by atoms with Gasteiger partial charge in [-0.3, -0.25) is 0 Å². The van der Waals surface area contributed by atoms with Crippen molar-refractivity contribution in [3.63, 3.8) is 0 Å². The summed E-state index contributed by atoms with van der Waals surface area (Å²) in [6, 6.07) is 9.38. The Kier molecular flexibility index (Phi) is 3.70. The topological polar surface area (TPSA) is 86.0 Å². The van der Waals surface area contributed by atoms with Crippen LogP contribution in [-0.2, 0) is 0 Å². The van der Waals surface area contributed by atoms with E-state index in [1.165, 1.54) is 6.33 Å². The fourth-order valence-electron chi connectivity index (χ4n) is 1.29. The normalized spacial score (nSPS) is 11.6. The third-order valence-electron chi connectivity index (χ3n) is 2.08. The lowest BCUT2D eigenvalue weighted by atomic mass is 10.3. The van der Waals surface area contributed by atoms with Crippen LogP contribution >= 0.6 is 0 Å². The molecule has 3 N–H and O–H groups in total. The molecule has 1 aromatic carbocycles. The number of rotatable bonds is 5. The maximum absolute atomic E-state index is 5.64. The van der Waals surface area contributed by atoms with Crippen molar-refractivity contribution in [3.05, 3.63) is 49.3 Å². The minimum atomic E-state index is -0.450. The summed E-state index contributed by atoms with van der Waals surface area (Å²) in [4.78, 5) is 11.6. The van der Waals surface area contributed by atoms with Gasteiger partial charge in [0.05, 0.1) is 0 Å². The van der Waals surface area contributed by atoms with Crippen LogP contribution in [0.2, 0.25) is 0 Å². The standard InChI is InChI=1S/C12H13N5O/c1-2-10(18-9-6-4-3-5-7-9)16-12-15-8-14-11(13)17-12/h2-8,10H,1H2,(H3,13,14,15,16,17). The number of nitrogens with two attached hydrogens (primary N) is 1. The number of ether oxygens (including phenoxy) is 1. The van der Waals surface area contributed by atoms with Gasteiger partial charge in [-0.05, 0) is 18.2 Å². The molecule has 18 heavy (non-hydrogen) atoms. The monoisotopic (exact) mass is 243 g/mol. The molecule has 2 aromatic rings. The highest BCUT2D eigenvalue weighted by Gasteiger charge is 2.07. The molecule has 2 rings (SSSR count). The molecule has 1 atom stereocenters. The fraction of sp³-hybridized carbons (Fsp3) is 0.0833. The quantitative estimate of drug-likeness (QED) is 0.610. The Labute approximate surface area is 105 Å². The van der Waals surface area contributed by atoms with Gasteiger partial charge in [0.1, 0.15) is 12.1 Å². The van der Waals surface area contributed by atoms with Crippen LogP contribution in [0.25, 0.3) is 0 Å². The Morgan fingerprint density at radius 2 is 2.06 bits per heavy atom. The van der Waals surface area contributed by atoms with Crippen LogP contribution in [0.3, 0.4) is 0 Å². The molecular weight excluding hydrogens is 230 g/mol. The van der Waals surface area contributed by atoms with E-state index >= 15 is 0 Å². The SMILES string of the molecule is C=CC(Nc1ncnc(N)n1)Oc1ccccc1. The van der Waals surface area contributed by atoms with Crippen molar-refractivity contribution in [2.45, 2.75) is 6.23 Å². The Balaban J connectivity index is 2.04. The molecule has 6 nitrogen and oxygen atoms in total. The predicted molar refractivity (Wildman–Crippen MR) is 68.9 cm³/mol. The van der Waals surface area contributed by atoms with Gasteiger partial charge >= 0.3 is 0 Å². The molecule has 0 amide bonds. The summed E-state index contributed by atoms with van der Waals surface area (Å²) in [6.45, 7) is 3.69. The Morgan fingerprint density at radius 1 is 1.28 bits per heavy atom. The summed E-state index contributed by atoms with van der Waals surface area (Å²) >= 11 is 0. The van der Waals surface area contributed by atoms with Gasteiger partial charge in [0.2, 0.25) is 11.9 Å². The Morgan fingerprint density at radius 3 is 2.72 bits per heavy atom. The van der Waals surface area contributed by atoms with Crippen LogP contribution in [0.15, 0.2) is 49.3 Å². The second-order valence-corrected chi connectivity index (χ2v) is 3.40. The van der Waals surface area contributed by atoms with Crippen LogP contribution in [0.1, 0.15) is 0 Å². The molecule has 1 heterocycles. The van der Waals surface area contributed by atoms with Crippen molar-refractivity contribution >= 4 is 11.9 Å². The van der Waals surface area contributed by atoms with E-state index in [2.05, 4.69) is 26.8 Å². The summed E-state index contributed by atoms with van der Waals surface area (Å²) in [7, 11) is 0. The predicted octanol–water partition coefficient (Wildman–Crippen LogP) is 1.46. The maximum atomic E-state index is 5.64. The van der Waals surface area contributed by atoms with E-state index in [-0.39, 0.29) is 5.95 Å². The Hall–Kier alpha value is -2.63. The van der Waals surface area contributed by atoms with Crippen molar-refractivity contribution in [1.29, 1.82) is 0 Å². The average molecular weight is 243 g/mol. The number of benzene rings is 1. The zero-order valence-corrected chi connectivity index (χ0v) is 9.65. The van der Waals surface area contributed by atoms with Gasteiger partial charge in [0.25, 0.3) is 0 Å². The summed E-state index contributed by atoms with van der Waals surface area (Å²) < 4.78 is 5.64. The summed E-state index contributed by atoms with van der Waals surface area (Å²) in [5.41, 5.74) is 5.46. The van der Waals surface area contributed by atoms with Gasteiger partial charge in [-0.2, -0.15) is 4.98 Å². The fourth-order valence-corrected chi connectivity index (χ4v) is 1.29. The van der Waals surface area contributed by atoms with Crippen LogP contribution in [0, 0.1) is 0 Å². The van der Waals surface area contributed by atoms with Crippen molar-refractivity contribution in [2.75, 3.05) is 11.1 Å². The van der Waals surface area contributed by atoms with Crippen LogP contribution in [-0.4, -0.2) is 21.2 Å². The zero-order chi connectivity index (χ0) is 12.8. The van der Waals surface area contributed by atoms with Crippen molar-refractivity contribution in [1.82, 2.24) is 15.0 Å². The average Bonchev–Trinajstić information content (AvgIpc) is 2.39. The molecule has 0 aliphatic heterocycles. The molecule has 1 aromatic heterocycles. The van der Waals surface area contributed by atoms with E-state index in [1.807, 2.05) is 30.3 Å². The number of nitrogens with one attached hydrogen (secondary N) is 1. The van der Waals surface area contributed by atoms with Crippen molar-refractivity contribution in [3.8, 4) is 5.75 Å². The lowest BCUT2D eigenvalue weighted by molar-refractivity contribution is 0.277. The molecule has 0 aliphatic carbocycles. The molecule has 0 radical (unpaired) electrons. The van der Waals surface area contributed by atoms with Crippen LogP contribution in [0.5, 0.6) is 5.75 Å². The number of hydrogen-bond acceptors (Lipinski definition) is 6. The smallest absolute Gasteiger partial charge is 0.230 e. The van der Waals surface area contributed by atoms with Gasteiger partial charge in [0.15, 0.2) is 6.23 Å². The molecule has 0 aliphatic rings. The largest absolute Gasteiger partial charge is 0.467 e. The third-order valence-corrected chi connectivity index (χ3v) is 2.08. The number of anilines is 2. The van der Waals surface area contributed by atoms with Crippen LogP contribution in [0.4, 0.5) is 11.9 Å². The first kappa shape index (κ1) is 11.8. The highest BCUT2D eigenvalue weighted by Crippen LogP contribution is 2.12. The lowest BCUT2D eigenvalue weighted by Gasteiger charge is -2.16. The molecule has 0 spiro atoms. The lowest BCUT2D eigenvalue weighted by Crippen LogP contribution is -2.25. The summed E-state index contributed by atoms with van der Waals surface area (Å²) in [5.74, 6) is 1.20. The number of hydrogen-bond donors (Lipinski definition) is 2. The van der Waals surface area contributed by atoms with Gasteiger partial charge in [-0.25, -0.2) is 9.97 Å². The van der Waals surface area contributed by atoms with E-state index in [1.54, 1.807) is 6.08 Å². The molecule has 0 saturated heterocycles. The molecular formula is C12H13N5O. The number of nitrogen functional groups attached to an aromatic ring is 1. The summed E-state index contributed by atoms with van der Waals surface area (Å²) in [6.07, 6.45) is 2.48. The number of aromatic nitrogens is 3. The first-order chi connectivity index (χ1) is 8.78. The van der Waals surface area contributed by atoms with Gasteiger partial charge in [-0.15, -0.1) is 0 Å². The Bertz CT molecular complexity index is 517. The minimum absolute atomic E-state index is 0.148. The second-order valence-electron chi connectivity index (χ2n) is 3.40. The minimum Gasteiger partial charge on any atom is -0.467 e. The third kappa shape index (κ3) is 3.18. The van der Waals surface area contributed by atoms with Crippen molar-refractivity contribution in [2.24, 2.45) is 0 Å². The van der Waals surface area contributed by atoms with E-state index in [0.717, 1.165) is 5.75 Å². The maximum Gasteiger partial charge on any atom is 0.230 e. The van der Waals surface area contributed by atoms with Gasteiger partial charge in [-0.1, -0.05) is 24.8 Å². The second kappa shape index (κ2) is 5.62. The molecule has 1 unspecified atom stereocenters. The molecule has 0 fully saturated rings. The molecule has 0 saturated carbocycles. The first-order valence-corrected chi connectivity index (χ1v) is 5.33. The highest BCUT2D eigenvalue weighted by molar-refractivity contribution is 5.31. The van der Waals surface area contributed by atoms with Crippen LogP contribution < -0.4 is 15.8 Å². The zero-order valence-electron chi connectivity index (χ0n) is 9.65. The number of nitrogens with zero attached hydrogens (tertiary/aromatic N) is 3. The molecule has 92 valence electrons.